The van der Waals surface area contributed by atoms with Gasteiger partial charge in [0, 0.05) is 16.9 Å². The molecule has 34 heavy (non-hydrogen) atoms. The van der Waals surface area contributed by atoms with Crippen molar-refractivity contribution in [3.05, 3.63) is 82.9 Å². The van der Waals surface area contributed by atoms with E-state index in [4.69, 9.17) is 25.8 Å². The fraction of sp³-hybridized carbons (Fsp3) is 0.160. The summed E-state index contributed by atoms with van der Waals surface area (Å²) < 4.78 is 15.5. The van der Waals surface area contributed by atoms with Gasteiger partial charge in [-0.25, -0.2) is 4.79 Å². The van der Waals surface area contributed by atoms with Gasteiger partial charge in [0.2, 0.25) is 0 Å². The topological polar surface area (TPSA) is 103 Å². The number of benzene rings is 3. The van der Waals surface area contributed by atoms with Crippen LogP contribution in [0.15, 0.2) is 66.7 Å². The second-order valence-electron chi connectivity index (χ2n) is 6.96. The molecule has 2 N–H and O–H groups in total. The van der Waals surface area contributed by atoms with Crippen LogP contribution in [0.5, 0.6) is 11.5 Å². The second-order valence-corrected chi connectivity index (χ2v) is 7.37. The van der Waals surface area contributed by atoms with Gasteiger partial charge >= 0.3 is 5.97 Å². The normalized spacial score (nSPS) is 10.2. The number of rotatable bonds is 9. The summed E-state index contributed by atoms with van der Waals surface area (Å²) in [5, 5.41) is 5.82. The van der Waals surface area contributed by atoms with Gasteiger partial charge in [-0.15, -0.1) is 0 Å². The van der Waals surface area contributed by atoms with E-state index in [1.807, 2.05) is 0 Å². The first-order valence-corrected chi connectivity index (χ1v) is 10.7. The van der Waals surface area contributed by atoms with E-state index in [0.29, 0.717) is 39.0 Å². The molecule has 2 amide bonds. The number of hydrogen-bond acceptors (Lipinski definition) is 6. The van der Waals surface area contributed by atoms with Crippen molar-refractivity contribution in [3.8, 4) is 11.5 Å². The molecule has 9 heteroatoms. The number of halogens is 1. The van der Waals surface area contributed by atoms with Gasteiger partial charge in [0.05, 0.1) is 24.3 Å². The fourth-order valence-electron chi connectivity index (χ4n) is 2.90. The first kappa shape index (κ1) is 24.6. The van der Waals surface area contributed by atoms with Crippen molar-refractivity contribution in [2.75, 3.05) is 31.0 Å². The van der Waals surface area contributed by atoms with Crippen LogP contribution in [0.4, 0.5) is 11.4 Å². The number of esters is 1. The third kappa shape index (κ3) is 6.73. The molecule has 0 aliphatic rings. The standard InChI is InChI=1S/C25H23ClN2O6/c1-3-33-25(31)17-4-8-18(9-5-17)27-23(29)15-34-20-11-6-16(7-12-20)24(30)28-19-10-13-22(32-2)21(26)14-19/h4-14H,3,15H2,1-2H3,(H,27,29)(H,28,30). The highest BCUT2D eigenvalue weighted by Gasteiger charge is 2.10. The number of anilines is 2. The minimum Gasteiger partial charge on any atom is -0.495 e. The Kier molecular flexibility index (Phi) is 8.48. The van der Waals surface area contributed by atoms with E-state index in [-0.39, 0.29) is 25.0 Å². The van der Waals surface area contributed by atoms with Gasteiger partial charge in [-0.3, -0.25) is 9.59 Å². The van der Waals surface area contributed by atoms with Crippen LogP contribution in [-0.4, -0.2) is 38.1 Å². The molecule has 0 bridgehead atoms. The molecule has 0 aliphatic heterocycles. The molecule has 0 heterocycles. The third-order valence-corrected chi connectivity index (χ3v) is 4.87. The molecular formula is C25H23ClN2O6. The molecular weight excluding hydrogens is 460 g/mol. The van der Waals surface area contributed by atoms with Crippen LogP contribution < -0.4 is 20.1 Å². The van der Waals surface area contributed by atoms with Crippen LogP contribution in [-0.2, 0) is 9.53 Å². The summed E-state index contributed by atoms with van der Waals surface area (Å²) in [4.78, 5) is 36.3. The van der Waals surface area contributed by atoms with E-state index in [9.17, 15) is 14.4 Å². The van der Waals surface area contributed by atoms with Gasteiger partial charge in [-0.2, -0.15) is 0 Å². The molecule has 8 nitrogen and oxygen atoms in total. The average molecular weight is 483 g/mol. The number of ether oxygens (including phenoxy) is 3. The molecule has 0 aliphatic carbocycles. The van der Waals surface area contributed by atoms with Crippen molar-refractivity contribution < 1.29 is 28.6 Å². The van der Waals surface area contributed by atoms with Crippen LogP contribution >= 0.6 is 11.6 Å². The molecule has 0 aromatic heterocycles. The van der Waals surface area contributed by atoms with Gasteiger partial charge in [-0.05, 0) is 73.7 Å². The fourth-order valence-corrected chi connectivity index (χ4v) is 3.16. The molecule has 0 fully saturated rings. The molecule has 3 aromatic rings. The highest BCUT2D eigenvalue weighted by Crippen LogP contribution is 2.27. The minimum absolute atomic E-state index is 0.227. The van der Waals surface area contributed by atoms with Crippen LogP contribution in [0.3, 0.4) is 0 Å². The maximum atomic E-state index is 12.4. The van der Waals surface area contributed by atoms with Crippen molar-refractivity contribution >= 4 is 40.8 Å². The number of amides is 2. The van der Waals surface area contributed by atoms with Crippen molar-refractivity contribution in [3.63, 3.8) is 0 Å². The summed E-state index contributed by atoms with van der Waals surface area (Å²) >= 11 is 6.08. The van der Waals surface area contributed by atoms with Gasteiger partial charge in [0.1, 0.15) is 11.5 Å². The van der Waals surface area contributed by atoms with Crippen LogP contribution in [0.25, 0.3) is 0 Å². The monoisotopic (exact) mass is 482 g/mol. The zero-order valence-corrected chi connectivity index (χ0v) is 19.3. The van der Waals surface area contributed by atoms with Crippen LogP contribution in [0, 0.1) is 0 Å². The van der Waals surface area contributed by atoms with E-state index < -0.39 is 5.97 Å². The number of hydrogen-bond donors (Lipinski definition) is 2. The molecule has 0 unspecified atom stereocenters. The Balaban J connectivity index is 1.49. The third-order valence-electron chi connectivity index (χ3n) is 4.58. The predicted molar refractivity (Wildman–Crippen MR) is 129 cm³/mol. The number of carbonyl (C=O) groups is 3. The predicted octanol–water partition coefficient (Wildman–Crippen LogP) is 4.80. The number of methoxy groups -OCH3 is 1. The van der Waals surface area contributed by atoms with E-state index in [0.717, 1.165) is 0 Å². The minimum atomic E-state index is -0.423. The Labute approximate surface area is 201 Å². The maximum Gasteiger partial charge on any atom is 0.338 e. The van der Waals surface area contributed by atoms with Gasteiger partial charge in [-0.1, -0.05) is 11.6 Å². The Morgan fingerprint density at radius 3 is 2.12 bits per heavy atom. The van der Waals surface area contributed by atoms with Crippen molar-refractivity contribution in [1.29, 1.82) is 0 Å². The summed E-state index contributed by atoms with van der Waals surface area (Å²) in [6.45, 7) is 1.79. The zero-order chi connectivity index (χ0) is 24.5. The van der Waals surface area contributed by atoms with E-state index in [1.165, 1.54) is 7.11 Å². The van der Waals surface area contributed by atoms with E-state index >= 15 is 0 Å². The highest BCUT2D eigenvalue weighted by molar-refractivity contribution is 6.32. The van der Waals surface area contributed by atoms with Gasteiger partial charge < -0.3 is 24.8 Å². The quantitative estimate of drug-likeness (QED) is 0.425. The molecule has 0 atom stereocenters. The smallest absolute Gasteiger partial charge is 0.338 e. The lowest BCUT2D eigenvalue weighted by molar-refractivity contribution is -0.118. The lowest BCUT2D eigenvalue weighted by atomic mass is 10.2. The average Bonchev–Trinajstić information content (AvgIpc) is 2.84. The first-order chi connectivity index (χ1) is 16.4. The molecule has 0 radical (unpaired) electrons. The van der Waals surface area contributed by atoms with Crippen LogP contribution in [0.2, 0.25) is 5.02 Å². The molecule has 0 spiro atoms. The maximum absolute atomic E-state index is 12.4. The summed E-state index contributed by atoms with van der Waals surface area (Å²) in [6, 6.07) is 17.6. The molecule has 176 valence electrons. The summed E-state index contributed by atoms with van der Waals surface area (Å²) in [6.07, 6.45) is 0. The Hall–Kier alpha value is -4.04. The SMILES string of the molecule is CCOC(=O)c1ccc(NC(=O)COc2ccc(C(=O)Nc3ccc(OC)c(Cl)c3)cc2)cc1. The molecule has 3 aromatic carbocycles. The number of nitrogens with one attached hydrogen (secondary N) is 2. The first-order valence-electron chi connectivity index (χ1n) is 10.3. The van der Waals surface area contributed by atoms with Gasteiger partial charge in [0.25, 0.3) is 11.8 Å². The largest absolute Gasteiger partial charge is 0.495 e. The second kappa shape index (κ2) is 11.7. The summed E-state index contributed by atoms with van der Waals surface area (Å²) in [5.74, 6) is -0.178. The lowest BCUT2D eigenvalue weighted by Crippen LogP contribution is -2.20. The van der Waals surface area contributed by atoms with E-state index in [2.05, 4.69) is 10.6 Å². The zero-order valence-electron chi connectivity index (χ0n) is 18.6. The van der Waals surface area contributed by atoms with Crippen molar-refractivity contribution in [2.45, 2.75) is 6.92 Å². The van der Waals surface area contributed by atoms with E-state index in [1.54, 1.807) is 73.7 Å². The molecule has 0 saturated carbocycles. The Morgan fingerprint density at radius 1 is 0.853 bits per heavy atom. The molecule has 3 rings (SSSR count). The van der Waals surface area contributed by atoms with Crippen molar-refractivity contribution in [2.24, 2.45) is 0 Å². The highest BCUT2D eigenvalue weighted by atomic mass is 35.5. The van der Waals surface area contributed by atoms with Gasteiger partial charge in [0.15, 0.2) is 6.61 Å². The molecule has 0 saturated heterocycles. The Morgan fingerprint density at radius 2 is 1.50 bits per heavy atom. The summed E-state index contributed by atoms with van der Waals surface area (Å²) in [7, 11) is 1.51. The van der Waals surface area contributed by atoms with Crippen LogP contribution in [0.1, 0.15) is 27.6 Å². The lowest BCUT2D eigenvalue weighted by Gasteiger charge is -2.10. The van der Waals surface area contributed by atoms with Crippen molar-refractivity contribution in [1.82, 2.24) is 0 Å². The number of carbonyl (C=O) groups excluding carboxylic acids is 3. The Bertz CT molecular complexity index is 1160. The summed E-state index contributed by atoms with van der Waals surface area (Å²) in [5.41, 5.74) is 1.86.